The summed E-state index contributed by atoms with van der Waals surface area (Å²) < 4.78 is 103. The van der Waals surface area contributed by atoms with E-state index < -0.39 is 102 Å². The molecule has 0 aliphatic carbocycles. The molecule has 1 aromatic carbocycles. The van der Waals surface area contributed by atoms with Crippen molar-refractivity contribution < 1.29 is 59.8 Å². The van der Waals surface area contributed by atoms with Crippen LogP contribution in [0.25, 0.3) is 11.3 Å². The zero-order valence-corrected chi connectivity index (χ0v) is 28.9. The zero-order valence-electron chi connectivity index (χ0n) is 28.9. The third-order valence-electron chi connectivity index (χ3n) is 7.72. The van der Waals surface area contributed by atoms with E-state index in [1.54, 1.807) is 20.8 Å². The number of nitrogens with zero attached hydrogens (tertiary/aromatic N) is 3. The molecule has 0 saturated heterocycles. The molecule has 286 valence electrons. The van der Waals surface area contributed by atoms with Crippen molar-refractivity contribution in [2.75, 3.05) is 20.2 Å². The molecule has 1 aromatic heterocycles. The van der Waals surface area contributed by atoms with E-state index >= 15 is 8.78 Å². The summed E-state index contributed by atoms with van der Waals surface area (Å²) in [6.45, 7) is 2.46. The molecule has 20 heteroatoms. The number of ether oxygens (including phenoxy) is 1. The van der Waals surface area contributed by atoms with Gasteiger partial charge in [0.25, 0.3) is 5.91 Å². The van der Waals surface area contributed by atoms with Gasteiger partial charge in [-0.2, -0.15) is 27.1 Å². The number of benzene rings is 1. The normalized spacial score (nSPS) is 14.1. The zero-order chi connectivity index (χ0) is 39.1. The molecule has 51 heavy (non-hydrogen) atoms. The number of hydrogen-bond donors (Lipinski definition) is 5. The predicted octanol–water partition coefficient (Wildman–Crippen LogP) is 3.79. The molecule has 1 unspecified atom stereocenters. The molecule has 0 saturated carbocycles. The van der Waals surface area contributed by atoms with Crippen LogP contribution in [-0.4, -0.2) is 88.3 Å². The average molecular weight is 742 g/mol. The van der Waals surface area contributed by atoms with Crippen LogP contribution in [0.1, 0.15) is 60.1 Å². The highest BCUT2D eigenvalue weighted by molar-refractivity contribution is 5.88. The number of aliphatic hydroxyl groups is 1. The lowest BCUT2D eigenvalue weighted by molar-refractivity contribution is -0.220. The predicted molar refractivity (Wildman–Crippen MR) is 167 cm³/mol. The summed E-state index contributed by atoms with van der Waals surface area (Å²) in [6, 6.07) is -0.708. The van der Waals surface area contributed by atoms with E-state index in [-0.39, 0.29) is 22.4 Å². The van der Waals surface area contributed by atoms with Gasteiger partial charge in [-0.1, -0.05) is 27.7 Å². The molecule has 3 atom stereocenters. The van der Waals surface area contributed by atoms with Gasteiger partial charge in [-0.3, -0.25) is 19.8 Å². The number of carbonyl (C=O) groups is 4. The maximum absolute atomic E-state index is 15.4. The van der Waals surface area contributed by atoms with Gasteiger partial charge < -0.3 is 25.8 Å². The van der Waals surface area contributed by atoms with E-state index in [2.05, 4.69) is 25.9 Å². The topological polar surface area (TPSA) is 167 Å². The molecule has 0 bridgehead atoms. The average Bonchev–Trinajstić information content (AvgIpc) is 3.52. The van der Waals surface area contributed by atoms with Crippen LogP contribution in [0.3, 0.4) is 0 Å². The number of carbonyl (C=O) groups excluding carboxylic acids is 4. The molecule has 0 aliphatic heterocycles. The highest BCUT2D eigenvalue weighted by atomic mass is 19.4. The lowest BCUT2D eigenvalue weighted by Crippen LogP contribution is -2.60. The van der Waals surface area contributed by atoms with Crippen molar-refractivity contribution in [2.45, 2.75) is 85.4 Å². The van der Waals surface area contributed by atoms with E-state index in [1.807, 2.05) is 5.32 Å². The van der Waals surface area contributed by atoms with E-state index in [9.17, 15) is 46.2 Å². The first-order chi connectivity index (χ1) is 23.4. The van der Waals surface area contributed by atoms with Crippen LogP contribution >= 0.6 is 0 Å². The maximum atomic E-state index is 15.4. The fourth-order valence-corrected chi connectivity index (χ4v) is 4.56. The Hall–Kier alpha value is -4.46. The number of halogens is 7. The van der Waals surface area contributed by atoms with Crippen molar-refractivity contribution in [1.29, 1.82) is 0 Å². The van der Waals surface area contributed by atoms with E-state index in [1.165, 1.54) is 6.92 Å². The van der Waals surface area contributed by atoms with Crippen LogP contribution in [0.4, 0.5) is 35.5 Å². The minimum atomic E-state index is -4.99. The number of nitrogens with one attached hydrogen (secondary N) is 4. The van der Waals surface area contributed by atoms with Gasteiger partial charge in [0.1, 0.15) is 23.7 Å². The van der Waals surface area contributed by atoms with Crippen molar-refractivity contribution in [3.05, 3.63) is 41.6 Å². The second-order valence-corrected chi connectivity index (χ2v) is 13.1. The highest BCUT2D eigenvalue weighted by Crippen LogP contribution is 2.40. The summed E-state index contributed by atoms with van der Waals surface area (Å²) in [7, 11) is 0.870. The lowest BCUT2D eigenvalue weighted by Gasteiger charge is -2.35. The third kappa shape index (κ3) is 11.5. The molecule has 0 spiro atoms. The maximum Gasteiger partial charge on any atom is 0.407 e. The summed E-state index contributed by atoms with van der Waals surface area (Å²) in [5.41, 5.74) is -2.37. The Labute approximate surface area is 289 Å². The standard InChI is InChI=1S/C31H42F7N7O6/c1-8-22(47)40-23(29(2,3)4)26(49)43-44(15-18-19(32)11-16(12-20(18)33)21-9-10-45(42-21)27(34)35)14-17(46)13-39-25(48)24(41-28(50)51-7)30(5,6)31(36,37)38/h9-12,17,23-24,27,46H,8,13-15H2,1-7H3,(H,39,48)(H,40,47)(H,41,50)(H,43,49)/t17-,23-,24?/m1/s1. The molecule has 0 radical (unpaired) electrons. The van der Waals surface area contributed by atoms with E-state index in [0.29, 0.717) is 13.8 Å². The van der Waals surface area contributed by atoms with Crippen LogP contribution in [0.5, 0.6) is 0 Å². The van der Waals surface area contributed by atoms with E-state index in [0.717, 1.165) is 36.5 Å². The summed E-state index contributed by atoms with van der Waals surface area (Å²) >= 11 is 0. The van der Waals surface area contributed by atoms with Crippen LogP contribution in [-0.2, 0) is 25.7 Å². The number of methoxy groups -OCH3 is 1. The van der Waals surface area contributed by atoms with Crippen molar-refractivity contribution in [2.24, 2.45) is 10.8 Å². The Morgan fingerprint density at radius 2 is 1.57 bits per heavy atom. The molecule has 5 N–H and O–H groups in total. The van der Waals surface area contributed by atoms with Crippen LogP contribution in [0.15, 0.2) is 24.4 Å². The van der Waals surface area contributed by atoms with Crippen LogP contribution in [0.2, 0.25) is 0 Å². The second-order valence-electron chi connectivity index (χ2n) is 13.1. The van der Waals surface area contributed by atoms with Gasteiger partial charge in [0.05, 0.1) is 24.3 Å². The molecule has 2 rings (SSSR count). The third-order valence-corrected chi connectivity index (χ3v) is 7.72. The Morgan fingerprint density at radius 3 is 2.04 bits per heavy atom. The largest absolute Gasteiger partial charge is 0.453 e. The molecule has 1 heterocycles. The lowest BCUT2D eigenvalue weighted by atomic mass is 9.83. The number of amides is 4. The van der Waals surface area contributed by atoms with Crippen molar-refractivity contribution >= 4 is 23.8 Å². The number of aliphatic hydroxyl groups excluding tert-OH is 1. The second kappa shape index (κ2) is 17.2. The first-order valence-electron chi connectivity index (χ1n) is 15.5. The number of hydrazine groups is 1. The Morgan fingerprint density at radius 1 is 0.980 bits per heavy atom. The molecule has 4 amide bonds. The van der Waals surface area contributed by atoms with Gasteiger partial charge in [0.15, 0.2) is 0 Å². The summed E-state index contributed by atoms with van der Waals surface area (Å²) in [5.74, 6) is -5.13. The summed E-state index contributed by atoms with van der Waals surface area (Å²) in [4.78, 5) is 50.3. The van der Waals surface area contributed by atoms with Crippen molar-refractivity contribution in [3.8, 4) is 11.3 Å². The number of aromatic nitrogens is 2. The minimum Gasteiger partial charge on any atom is -0.453 e. The molecular formula is C31H42F7N7O6. The van der Waals surface area contributed by atoms with E-state index in [4.69, 9.17) is 0 Å². The minimum absolute atomic E-state index is 0.0112. The fourth-order valence-electron chi connectivity index (χ4n) is 4.56. The van der Waals surface area contributed by atoms with Crippen molar-refractivity contribution in [1.82, 2.24) is 36.2 Å². The monoisotopic (exact) mass is 741 g/mol. The first kappa shape index (κ1) is 42.7. The van der Waals surface area contributed by atoms with Crippen LogP contribution in [0, 0.1) is 22.5 Å². The molecule has 2 aromatic rings. The summed E-state index contributed by atoms with van der Waals surface area (Å²) in [5, 5.41) is 21.7. The number of rotatable bonds is 15. The van der Waals surface area contributed by atoms with Gasteiger partial charge in [0, 0.05) is 43.4 Å². The van der Waals surface area contributed by atoms with Crippen LogP contribution < -0.4 is 21.4 Å². The Balaban J connectivity index is 2.41. The number of hydrogen-bond acceptors (Lipinski definition) is 8. The Kier molecular flexibility index (Phi) is 14.4. The fraction of sp³-hybridized carbons (Fsp3) is 0.581. The number of alkyl halides is 5. The van der Waals surface area contributed by atoms with Gasteiger partial charge >= 0.3 is 18.8 Å². The quantitative estimate of drug-likeness (QED) is 0.136. The van der Waals surface area contributed by atoms with Gasteiger partial charge in [-0.15, -0.1) is 0 Å². The molecule has 13 nitrogen and oxygen atoms in total. The smallest absolute Gasteiger partial charge is 0.407 e. The van der Waals surface area contributed by atoms with Crippen molar-refractivity contribution in [3.63, 3.8) is 0 Å². The first-order valence-corrected chi connectivity index (χ1v) is 15.5. The van der Waals surface area contributed by atoms with Gasteiger partial charge in [0.2, 0.25) is 11.8 Å². The van der Waals surface area contributed by atoms with Gasteiger partial charge in [-0.05, 0) is 37.5 Å². The Bertz CT molecular complexity index is 1520. The molecule has 0 fully saturated rings. The summed E-state index contributed by atoms with van der Waals surface area (Å²) in [6.07, 6.45) is -7.13. The molecular weight excluding hydrogens is 699 g/mol. The highest BCUT2D eigenvalue weighted by Gasteiger charge is 2.55. The van der Waals surface area contributed by atoms with Gasteiger partial charge in [-0.25, -0.2) is 23.3 Å². The molecule has 0 aliphatic rings. The number of alkyl carbamates (subject to hydrolysis) is 1. The SMILES string of the molecule is CCC(=O)N[C@H](C(=O)NN(Cc1c(F)cc(-c2ccn(C(F)F)n2)cc1F)C[C@H](O)CNC(=O)C(NC(=O)OC)C(C)(C)C(F)(F)F)C(C)(C)C.